The Labute approximate surface area is 133 Å². The van der Waals surface area contributed by atoms with Crippen LogP contribution in [0.2, 0.25) is 0 Å². The van der Waals surface area contributed by atoms with Gasteiger partial charge in [0.2, 0.25) is 0 Å². The monoisotopic (exact) mass is 321 g/mol. The lowest BCUT2D eigenvalue weighted by molar-refractivity contribution is -0.319. The van der Waals surface area contributed by atoms with Crippen molar-refractivity contribution < 1.29 is 24.1 Å². The highest BCUT2D eigenvalue weighted by Gasteiger charge is 2.47. The summed E-state index contributed by atoms with van der Waals surface area (Å²) in [5.74, 6) is 0.385. The smallest absolute Gasteiger partial charge is 0.184 e. The average Bonchev–Trinajstić information content (AvgIpc) is 2.59. The van der Waals surface area contributed by atoms with Crippen LogP contribution in [0.5, 0.6) is 5.75 Å². The maximum atomic E-state index is 10.5. The Bertz CT molecular complexity index is 587. The van der Waals surface area contributed by atoms with Gasteiger partial charge in [0.25, 0.3) is 0 Å². The fraction of sp³-hybridized carbons (Fsp3) is 0.600. The van der Waals surface area contributed by atoms with E-state index in [0.29, 0.717) is 0 Å². The van der Waals surface area contributed by atoms with Crippen LogP contribution in [0, 0.1) is 5.92 Å². The van der Waals surface area contributed by atoms with Crippen LogP contribution >= 0.6 is 0 Å². The zero-order chi connectivity index (χ0) is 16.4. The minimum atomic E-state index is -0.797. The normalized spacial score (nSPS) is 36.7. The van der Waals surface area contributed by atoms with Crippen molar-refractivity contribution in [3.8, 4) is 5.75 Å². The maximum Gasteiger partial charge on any atom is 0.184 e. The molecule has 0 saturated carbocycles. The van der Waals surface area contributed by atoms with Crippen LogP contribution < -0.4 is 4.74 Å². The molecule has 124 valence electrons. The molecule has 0 aliphatic carbocycles. The Hall–Kier alpha value is -1.83. The molecule has 8 nitrogen and oxygen atoms in total. The molecule has 2 heterocycles. The standard InChI is InChI=1S/C15H19N3O5/c1-8-12(19)13-11(22-14(8)17-18-16)7-21-15(23-13)9-3-5-10(20-2)6-4-9/h3-6,8,11-15,19H,7H2,1-2H3/t8?,11?,12-,13+,14-,15?/m1/s1. The molecule has 2 saturated heterocycles. The van der Waals surface area contributed by atoms with Crippen LogP contribution in [0.1, 0.15) is 18.8 Å². The summed E-state index contributed by atoms with van der Waals surface area (Å²) in [5, 5.41) is 14.0. The van der Waals surface area contributed by atoms with Gasteiger partial charge in [-0.3, -0.25) is 0 Å². The first-order valence-electron chi connectivity index (χ1n) is 7.42. The van der Waals surface area contributed by atoms with Crippen molar-refractivity contribution in [2.24, 2.45) is 11.0 Å². The second kappa shape index (κ2) is 6.74. The Balaban J connectivity index is 1.73. The number of aliphatic hydroxyl groups excluding tert-OH is 1. The molecule has 3 rings (SSSR count). The summed E-state index contributed by atoms with van der Waals surface area (Å²) in [6.07, 6.45) is -3.10. The molecule has 0 amide bonds. The molecule has 8 heteroatoms. The number of nitrogens with zero attached hydrogens (tertiary/aromatic N) is 3. The van der Waals surface area contributed by atoms with Crippen molar-refractivity contribution in [3.63, 3.8) is 0 Å². The summed E-state index contributed by atoms with van der Waals surface area (Å²) in [6, 6.07) is 7.35. The van der Waals surface area contributed by atoms with Crippen LogP contribution in [0.4, 0.5) is 0 Å². The zero-order valence-electron chi connectivity index (χ0n) is 12.9. The Morgan fingerprint density at radius 1 is 1.30 bits per heavy atom. The lowest BCUT2D eigenvalue weighted by atomic mass is 9.91. The van der Waals surface area contributed by atoms with Gasteiger partial charge in [0, 0.05) is 16.4 Å². The second-order valence-corrected chi connectivity index (χ2v) is 5.66. The van der Waals surface area contributed by atoms with E-state index in [4.69, 9.17) is 24.5 Å². The van der Waals surface area contributed by atoms with Gasteiger partial charge in [-0.1, -0.05) is 24.2 Å². The van der Waals surface area contributed by atoms with Crippen molar-refractivity contribution >= 4 is 0 Å². The molecule has 23 heavy (non-hydrogen) atoms. The third kappa shape index (κ3) is 3.12. The van der Waals surface area contributed by atoms with Gasteiger partial charge < -0.3 is 24.1 Å². The minimum Gasteiger partial charge on any atom is -0.497 e. The van der Waals surface area contributed by atoms with Crippen molar-refractivity contribution in [2.45, 2.75) is 37.8 Å². The SMILES string of the molecule is COc1ccc(C2OCC3O[C@@H](N=[N+]=[N-])C(C)[C@@H](O)[C@H]3O2)cc1. The molecular weight excluding hydrogens is 302 g/mol. The van der Waals surface area contributed by atoms with E-state index in [1.54, 1.807) is 14.0 Å². The minimum absolute atomic E-state index is 0.253. The molecule has 2 fully saturated rings. The molecule has 2 aliphatic rings. The van der Waals surface area contributed by atoms with Gasteiger partial charge >= 0.3 is 0 Å². The summed E-state index contributed by atoms with van der Waals surface area (Å²) in [7, 11) is 1.60. The first-order chi connectivity index (χ1) is 11.1. The molecule has 6 atom stereocenters. The molecule has 0 bridgehead atoms. The summed E-state index contributed by atoms with van der Waals surface area (Å²) in [4.78, 5) is 2.76. The number of methoxy groups -OCH3 is 1. The molecule has 0 aromatic heterocycles. The number of ether oxygens (including phenoxy) is 4. The van der Waals surface area contributed by atoms with Crippen molar-refractivity contribution in [3.05, 3.63) is 40.3 Å². The highest BCUT2D eigenvalue weighted by molar-refractivity contribution is 5.28. The van der Waals surface area contributed by atoms with E-state index >= 15 is 0 Å². The second-order valence-electron chi connectivity index (χ2n) is 5.66. The third-order valence-corrected chi connectivity index (χ3v) is 4.25. The highest BCUT2D eigenvalue weighted by Crippen LogP contribution is 2.36. The van der Waals surface area contributed by atoms with Gasteiger partial charge in [0.15, 0.2) is 6.29 Å². The largest absolute Gasteiger partial charge is 0.497 e. The van der Waals surface area contributed by atoms with E-state index in [0.717, 1.165) is 11.3 Å². The van der Waals surface area contributed by atoms with Crippen LogP contribution in [0.25, 0.3) is 10.4 Å². The molecule has 1 aromatic carbocycles. The van der Waals surface area contributed by atoms with E-state index in [1.165, 1.54) is 0 Å². The third-order valence-electron chi connectivity index (χ3n) is 4.25. The molecule has 2 aliphatic heterocycles. The number of hydrogen-bond acceptors (Lipinski definition) is 6. The maximum absolute atomic E-state index is 10.5. The summed E-state index contributed by atoms with van der Waals surface area (Å²) in [6.45, 7) is 2.02. The number of aliphatic hydroxyl groups is 1. The van der Waals surface area contributed by atoms with Gasteiger partial charge in [-0.25, -0.2) is 0 Å². The Morgan fingerprint density at radius 3 is 2.70 bits per heavy atom. The Morgan fingerprint density at radius 2 is 2.04 bits per heavy atom. The van der Waals surface area contributed by atoms with Gasteiger partial charge in [-0.2, -0.15) is 0 Å². The summed E-state index contributed by atoms with van der Waals surface area (Å²) < 4.78 is 22.4. The van der Waals surface area contributed by atoms with Crippen LogP contribution in [0.3, 0.4) is 0 Å². The van der Waals surface area contributed by atoms with Crippen molar-refractivity contribution in [1.82, 2.24) is 0 Å². The number of hydrogen-bond donors (Lipinski definition) is 1. The topological polar surface area (TPSA) is 106 Å². The molecule has 1 N–H and O–H groups in total. The lowest BCUT2D eigenvalue weighted by Gasteiger charge is -2.46. The molecule has 0 spiro atoms. The van der Waals surface area contributed by atoms with Gasteiger partial charge in [-0.15, -0.1) is 0 Å². The highest BCUT2D eigenvalue weighted by atomic mass is 16.7. The van der Waals surface area contributed by atoms with Crippen LogP contribution in [-0.2, 0) is 14.2 Å². The molecule has 1 aromatic rings. The fourth-order valence-electron chi connectivity index (χ4n) is 2.85. The average molecular weight is 321 g/mol. The number of azide groups is 1. The molecular formula is C15H19N3O5. The first-order valence-corrected chi connectivity index (χ1v) is 7.42. The zero-order valence-corrected chi connectivity index (χ0v) is 12.9. The number of rotatable bonds is 3. The Kier molecular flexibility index (Phi) is 4.70. The van der Waals surface area contributed by atoms with Crippen LogP contribution in [-0.4, -0.2) is 43.4 Å². The molecule has 3 unspecified atom stereocenters. The van der Waals surface area contributed by atoms with Gasteiger partial charge in [0.05, 0.1) is 19.8 Å². The van der Waals surface area contributed by atoms with E-state index < -0.39 is 30.8 Å². The quantitative estimate of drug-likeness (QED) is 0.521. The van der Waals surface area contributed by atoms with Gasteiger partial charge in [-0.05, 0) is 17.7 Å². The van der Waals surface area contributed by atoms with E-state index in [9.17, 15) is 5.11 Å². The van der Waals surface area contributed by atoms with Crippen molar-refractivity contribution in [1.29, 1.82) is 0 Å². The van der Waals surface area contributed by atoms with Gasteiger partial charge in [0.1, 0.15) is 24.2 Å². The lowest BCUT2D eigenvalue weighted by Crippen LogP contribution is -2.58. The first kappa shape index (κ1) is 16.0. The van der Waals surface area contributed by atoms with E-state index in [1.807, 2.05) is 24.3 Å². The fourth-order valence-corrected chi connectivity index (χ4v) is 2.85. The van der Waals surface area contributed by atoms with E-state index in [-0.39, 0.29) is 12.5 Å². The van der Waals surface area contributed by atoms with Crippen LogP contribution in [0.15, 0.2) is 29.4 Å². The van der Waals surface area contributed by atoms with E-state index in [2.05, 4.69) is 10.0 Å². The predicted molar refractivity (Wildman–Crippen MR) is 79.5 cm³/mol. The number of fused-ring (bicyclic) bond motifs is 1. The van der Waals surface area contributed by atoms with Crippen molar-refractivity contribution in [2.75, 3.05) is 13.7 Å². The number of benzene rings is 1. The molecule has 0 radical (unpaired) electrons. The summed E-state index contributed by atoms with van der Waals surface area (Å²) in [5.41, 5.74) is 9.41. The summed E-state index contributed by atoms with van der Waals surface area (Å²) >= 11 is 0. The predicted octanol–water partition coefficient (Wildman–Crippen LogP) is 2.14.